The zero-order valence-corrected chi connectivity index (χ0v) is 19.9. The number of rotatable bonds is 10. The third-order valence-corrected chi connectivity index (χ3v) is 6.45. The minimum Gasteiger partial charge on any atom is -0.325 e. The van der Waals surface area contributed by atoms with Crippen LogP contribution in [0.4, 0.5) is 5.69 Å². The molecule has 1 aromatic carbocycles. The van der Waals surface area contributed by atoms with Gasteiger partial charge in [0.25, 0.3) is 0 Å². The molecule has 0 saturated heterocycles. The summed E-state index contributed by atoms with van der Waals surface area (Å²) in [5, 5.41) is 13.0. The number of carbonyl (C=O) groups is 1. The molecule has 0 saturated carbocycles. The quantitative estimate of drug-likeness (QED) is 0.475. The van der Waals surface area contributed by atoms with Crippen LogP contribution in [-0.4, -0.2) is 44.9 Å². The lowest BCUT2D eigenvalue weighted by Gasteiger charge is -2.23. The average Bonchev–Trinajstić information content (AvgIpc) is 3.05. The van der Waals surface area contributed by atoms with Gasteiger partial charge in [-0.05, 0) is 52.1 Å². The van der Waals surface area contributed by atoms with Crippen molar-refractivity contribution < 1.29 is 4.79 Å². The van der Waals surface area contributed by atoms with Crippen molar-refractivity contribution in [1.29, 1.82) is 0 Å². The van der Waals surface area contributed by atoms with E-state index >= 15 is 0 Å². The second-order valence-electron chi connectivity index (χ2n) is 7.11. The van der Waals surface area contributed by atoms with Gasteiger partial charge in [-0.15, -0.1) is 10.2 Å². The van der Waals surface area contributed by atoms with E-state index in [1.54, 1.807) is 18.2 Å². The minimum atomic E-state index is -0.346. The Kier molecular flexibility index (Phi) is 9.27. The molecule has 2 unspecified atom stereocenters. The number of amides is 1. The number of anilines is 1. The molecule has 0 spiro atoms. The van der Waals surface area contributed by atoms with Crippen LogP contribution in [0.5, 0.6) is 0 Å². The normalized spacial score (nSPS) is 13.5. The van der Waals surface area contributed by atoms with Crippen molar-refractivity contribution in [3.05, 3.63) is 34.1 Å². The average molecular weight is 458 g/mol. The molecule has 1 heterocycles. The lowest BCUT2D eigenvalue weighted by atomic mass is 10.2. The van der Waals surface area contributed by atoms with Crippen molar-refractivity contribution >= 4 is 46.6 Å². The Balaban J connectivity index is 2.17. The lowest BCUT2D eigenvalue weighted by Crippen LogP contribution is -2.24. The molecule has 0 aliphatic rings. The van der Waals surface area contributed by atoms with Crippen LogP contribution in [0.2, 0.25) is 10.0 Å². The monoisotopic (exact) mass is 457 g/mol. The molecule has 2 atom stereocenters. The summed E-state index contributed by atoms with van der Waals surface area (Å²) in [7, 11) is 4.10. The molecular weight excluding hydrogens is 429 g/mol. The number of unbranched alkanes of at least 4 members (excludes halogenated alkanes) is 1. The van der Waals surface area contributed by atoms with E-state index in [0.717, 1.165) is 36.8 Å². The van der Waals surface area contributed by atoms with Crippen LogP contribution < -0.4 is 5.32 Å². The van der Waals surface area contributed by atoms with Crippen molar-refractivity contribution in [2.45, 2.75) is 63.0 Å². The molecule has 0 radical (unpaired) electrons. The van der Waals surface area contributed by atoms with Crippen molar-refractivity contribution in [1.82, 2.24) is 19.7 Å². The summed E-state index contributed by atoms with van der Waals surface area (Å²) in [5.41, 5.74) is 0.614. The van der Waals surface area contributed by atoms with Crippen LogP contribution in [0.25, 0.3) is 0 Å². The first-order valence-electron chi connectivity index (χ1n) is 9.80. The third-order valence-electron chi connectivity index (χ3n) is 4.63. The van der Waals surface area contributed by atoms with Gasteiger partial charge in [0.05, 0.1) is 21.3 Å². The second-order valence-corrected chi connectivity index (χ2v) is 9.23. The molecule has 29 heavy (non-hydrogen) atoms. The summed E-state index contributed by atoms with van der Waals surface area (Å²) >= 11 is 13.4. The molecule has 1 N–H and O–H groups in total. The highest BCUT2D eigenvalue weighted by atomic mass is 35.5. The van der Waals surface area contributed by atoms with Crippen LogP contribution in [0.15, 0.2) is 23.4 Å². The van der Waals surface area contributed by atoms with E-state index in [1.807, 2.05) is 21.0 Å². The fourth-order valence-electron chi connectivity index (χ4n) is 2.97. The van der Waals surface area contributed by atoms with E-state index in [2.05, 4.69) is 38.8 Å². The number of halogens is 2. The van der Waals surface area contributed by atoms with Crippen LogP contribution >= 0.6 is 35.0 Å². The Morgan fingerprint density at radius 1 is 1.24 bits per heavy atom. The van der Waals surface area contributed by atoms with Crippen LogP contribution in [0.1, 0.15) is 51.9 Å². The molecular formula is C20H29Cl2N5OS. The molecule has 0 bridgehead atoms. The zero-order valence-electron chi connectivity index (χ0n) is 17.6. The van der Waals surface area contributed by atoms with Gasteiger partial charge in [-0.25, -0.2) is 0 Å². The van der Waals surface area contributed by atoms with E-state index < -0.39 is 0 Å². The van der Waals surface area contributed by atoms with Gasteiger partial charge in [-0.2, -0.15) is 0 Å². The molecule has 1 aromatic heterocycles. The number of nitrogens with zero attached hydrogens (tertiary/aromatic N) is 4. The standard InChI is InChI=1S/C20H29Cl2N5OS/c1-6-8-11-27-18(17(7-2)26(4)5)24-25-20(27)29-13(3)19(28)23-14-9-10-15(21)16(22)12-14/h9-10,12-13,17H,6-8,11H2,1-5H3,(H,23,28). The molecule has 1 amide bonds. The highest BCUT2D eigenvalue weighted by Crippen LogP contribution is 2.29. The first-order valence-corrected chi connectivity index (χ1v) is 11.4. The lowest BCUT2D eigenvalue weighted by molar-refractivity contribution is -0.115. The predicted molar refractivity (Wildman–Crippen MR) is 122 cm³/mol. The SMILES string of the molecule is CCCCn1c(SC(C)C(=O)Nc2ccc(Cl)c(Cl)c2)nnc1C(CC)N(C)C. The van der Waals surface area contributed by atoms with Gasteiger partial charge in [0.15, 0.2) is 11.0 Å². The second kappa shape index (κ2) is 11.2. The van der Waals surface area contributed by atoms with E-state index in [1.165, 1.54) is 11.8 Å². The van der Waals surface area contributed by atoms with Crippen LogP contribution in [-0.2, 0) is 11.3 Å². The van der Waals surface area contributed by atoms with Gasteiger partial charge in [0.1, 0.15) is 0 Å². The van der Waals surface area contributed by atoms with Gasteiger partial charge in [0, 0.05) is 12.2 Å². The summed E-state index contributed by atoms with van der Waals surface area (Å²) in [6, 6.07) is 5.23. The number of benzene rings is 1. The van der Waals surface area contributed by atoms with Gasteiger partial charge in [-0.1, -0.05) is 55.2 Å². The van der Waals surface area contributed by atoms with Crippen molar-refractivity contribution in [3.63, 3.8) is 0 Å². The Morgan fingerprint density at radius 2 is 1.97 bits per heavy atom. The summed E-state index contributed by atoms with van der Waals surface area (Å²) in [6.07, 6.45) is 3.05. The molecule has 2 rings (SSSR count). The molecule has 6 nitrogen and oxygen atoms in total. The molecule has 2 aromatic rings. The molecule has 160 valence electrons. The van der Waals surface area contributed by atoms with E-state index in [-0.39, 0.29) is 17.2 Å². The Bertz CT molecular complexity index is 827. The highest BCUT2D eigenvalue weighted by Gasteiger charge is 2.24. The van der Waals surface area contributed by atoms with Gasteiger partial charge in [0.2, 0.25) is 5.91 Å². The Morgan fingerprint density at radius 3 is 2.55 bits per heavy atom. The maximum absolute atomic E-state index is 12.7. The Labute approximate surface area is 187 Å². The van der Waals surface area contributed by atoms with Crippen molar-refractivity contribution in [3.8, 4) is 0 Å². The topological polar surface area (TPSA) is 63.1 Å². The third kappa shape index (κ3) is 6.35. The Hall–Kier alpha value is -1.28. The molecule has 0 aliphatic carbocycles. The summed E-state index contributed by atoms with van der Waals surface area (Å²) in [5.74, 6) is 0.824. The predicted octanol–water partition coefficient (Wildman–Crippen LogP) is 5.52. The van der Waals surface area contributed by atoms with Crippen molar-refractivity contribution in [2.24, 2.45) is 0 Å². The number of nitrogens with one attached hydrogen (secondary N) is 1. The van der Waals surface area contributed by atoms with Crippen LogP contribution in [0, 0.1) is 0 Å². The first kappa shape index (κ1) is 24.0. The van der Waals surface area contributed by atoms with E-state index in [0.29, 0.717) is 15.7 Å². The van der Waals surface area contributed by atoms with Crippen LogP contribution in [0.3, 0.4) is 0 Å². The molecule has 9 heteroatoms. The fraction of sp³-hybridized carbons (Fsp3) is 0.550. The smallest absolute Gasteiger partial charge is 0.237 e. The maximum atomic E-state index is 12.7. The summed E-state index contributed by atoms with van der Waals surface area (Å²) < 4.78 is 2.16. The van der Waals surface area contributed by atoms with Gasteiger partial charge >= 0.3 is 0 Å². The number of aromatic nitrogens is 3. The largest absolute Gasteiger partial charge is 0.325 e. The maximum Gasteiger partial charge on any atom is 0.237 e. The number of hydrogen-bond acceptors (Lipinski definition) is 5. The first-order chi connectivity index (χ1) is 13.8. The highest BCUT2D eigenvalue weighted by molar-refractivity contribution is 8.00. The molecule has 0 aliphatic heterocycles. The zero-order chi connectivity index (χ0) is 21.6. The summed E-state index contributed by atoms with van der Waals surface area (Å²) in [6.45, 7) is 7.00. The van der Waals surface area contributed by atoms with Crippen molar-refractivity contribution in [2.75, 3.05) is 19.4 Å². The molecule has 0 fully saturated rings. The van der Waals surface area contributed by atoms with Gasteiger partial charge < -0.3 is 9.88 Å². The summed E-state index contributed by atoms with van der Waals surface area (Å²) in [4.78, 5) is 14.8. The van der Waals surface area contributed by atoms with Gasteiger partial charge in [-0.3, -0.25) is 9.69 Å². The number of thioether (sulfide) groups is 1. The van der Waals surface area contributed by atoms with E-state index in [4.69, 9.17) is 23.2 Å². The minimum absolute atomic E-state index is 0.125. The number of hydrogen-bond donors (Lipinski definition) is 1. The van der Waals surface area contributed by atoms with E-state index in [9.17, 15) is 4.79 Å². The number of carbonyl (C=O) groups excluding carboxylic acids is 1. The fourth-order valence-corrected chi connectivity index (χ4v) is 4.15.